The Morgan fingerprint density at radius 2 is 1.95 bits per heavy atom. The van der Waals surface area contributed by atoms with Gasteiger partial charge >= 0.3 is 6.36 Å². The zero-order valence-electron chi connectivity index (χ0n) is 11.4. The van der Waals surface area contributed by atoms with Gasteiger partial charge in [-0.3, -0.25) is 0 Å². The number of halogens is 5. The molecule has 0 bridgehead atoms. The first-order chi connectivity index (χ1) is 9.24. The lowest BCUT2D eigenvalue weighted by Crippen LogP contribution is -2.27. The van der Waals surface area contributed by atoms with E-state index in [0.29, 0.717) is 12.8 Å². The number of hydrogen-bond donors (Lipinski definition) is 2. The largest absolute Gasteiger partial charge is 0.573 e. The highest BCUT2D eigenvalue weighted by molar-refractivity contribution is 5.85. The fourth-order valence-electron chi connectivity index (χ4n) is 1.77. The molecule has 0 amide bonds. The van der Waals surface area contributed by atoms with E-state index in [1.54, 1.807) is 0 Å². The minimum Gasteiger partial charge on any atom is -0.406 e. The van der Waals surface area contributed by atoms with Crippen molar-refractivity contribution < 1.29 is 27.4 Å². The van der Waals surface area contributed by atoms with Gasteiger partial charge in [0.15, 0.2) is 0 Å². The van der Waals surface area contributed by atoms with Crippen LogP contribution in [0.4, 0.5) is 17.6 Å². The van der Waals surface area contributed by atoms with E-state index in [-0.39, 0.29) is 18.0 Å². The molecule has 0 heterocycles. The molecule has 0 aliphatic heterocycles. The smallest absolute Gasteiger partial charge is 0.406 e. The van der Waals surface area contributed by atoms with E-state index in [1.165, 1.54) is 0 Å². The maximum absolute atomic E-state index is 13.6. The van der Waals surface area contributed by atoms with Crippen molar-refractivity contribution in [2.75, 3.05) is 0 Å². The summed E-state index contributed by atoms with van der Waals surface area (Å²) in [5, 5.41) is 9.80. The van der Waals surface area contributed by atoms with Crippen LogP contribution in [0.5, 0.6) is 5.75 Å². The van der Waals surface area contributed by atoms with Gasteiger partial charge in [0.25, 0.3) is 0 Å². The molecule has 0 unspecified atom stereocenters. The van der Waals surface area contributed by atoms with Gasteiger partial charge in [0.2, 0.25) is 0 Å². The first kappa shape index (κ1) is 19.9. The van der Waals surface area contributed by atoms with Crippen molar-refractivity contribution in [3.63, 3.8) is 0 Å². The highest BCUT2D eigenvalue weighted by atomic mass is 35.5. The first-order valence-corrected chi connectivity index (χ1v) is 6.23. The van der Waals surface area contributed by atoms with Crippen LogP contribution in [0.25, 0.3) is 0 Å². The zero-order chi connectivity index (χ0) is 15.3. The fourth-order valence-corrected chi connectivity index (χ4v) is 1.77. The molecule has 0 fully saturated rings. The Bertz CT molecular complexity index is 443. The second-order valence-corrected chi connectivity index (χ2v) is 4.47. The molecule has 3 nitrogen and oxygen atoms in total. The van der Waals surface area contributed by atoms with E-state index < -0.39 is 30.1 Å². The Labute approximate surface area is 126 Å². The molecular weight excluding hydrogens is 314 g/mol. The number of rotatable bonds is 6. The summed E-state index contributed by atoms with van der Waals surface area (Å²) in [6.45, 7) is 1.91. The van der Waals surface area contributed by atoms with Crippen LogP contribution in [0.15, 0.2) is 18.2 Å². The van der Waals surface area contributed by atoms with Crippen LogP contribution in [-0.2, 0) is 0 Å². The van der Waals surface area contributed by atoms with Gasteiger partial charge in [0.1, 0.15) is 11.6 Å². The minimum absolute atomic E-state index is 0. The minimum atomic E-state index is -4.86. The van der Waals surface area contributed by atoms with E-state index >= 15 is 0 Å². The van der Waals surface area contributed by atoms with Crippen molar-refractivity contribution in [1.82, 2.24) is 0 Å². The zero-order valence-corrected chi connectivity index (χ0v) is 12.2. The predicted molar refractivity (Wildman–Crippen MR) is 72.8 cm³/mol. The number of alkyl halides is 3. The van der Waals surface area contributed by atoms with E-state index in [2.05, 4.69) is 4.74 Å². The Morgan fingerprint density at radius 3 is 2.48 bits per heavy atom. The highest BCUT2D eigenvalue weighted by Crippen LogP contribution is 2.28. The maximum atomic E-state index is 13.6. The van der Waals surface area contributed by atoms with Crippen LogP contribution < -0.4 is 10.5 Å². The lowest BCUT2D eigenvalue weighted by atomic mass is 9.98. The summed E-state index contributed by atoms with van der Waals surface area (Å²) in [6, 6.07) is 1.46. The average Bonchev–Trinajstić information content (AvgIpc) is 2.35. The van der Waals surface area contributed by atoms with Gasteiger partial charge in [0, 0.05) is 5.56 Å². The summed E-state index contributed by atoms with van der Waals surface area (Å²) in [4.78, 5) is 0. The van der Waals surface area contributed by atoms with Crippen molar-refractivity contribution in [2.45, 2.75) is 44.7 Å². The Kier molecular flexibility index (Phi) is 7.99. The first-order valence-electron chi connectivity index (χ1n) is 6.23. The lowest BCUT2D eigenvalue weighted by molar-refractivity contribution is -0.274. The van der Waals surface area contributed by atoms with Crippen LogP contribution in [0.2, 0.25) is 0 Å². The van der Waals surface area contributed by atoms with Crippen molar-refractivity contribution in [2.24, 2.45) is 5.73 Å². The van der Waals surface area contributed by atoms with E-state index in [0.717, 1.165) is 24.6 Å². The molecule has 0 saturated heterocycles. The molecule has 2 atom stereocenters. The van der Waals surface area contributed by atoms with E-state index in [1.807, 2.05) is 6.92 Å². The summed E-state index contributed by atoms with van der Waals surface area (Å²) in [5.41, 5.74) is 5.49. The number of hydrogen-bond acceptors (Lipinski definition) is 3. The van der Waals surface area contributed by atoms with E-state index in [4.69, 9.17) is 5.73 Å². The maximum Gasteiger partial charge on any atom is 0.573 e. The van der Waals surface area contributed by atoms with Gasteiger partial charge in [-0.1, -0.05) is 19.8 Å². The Balaban J connectivity index is 0.00000400. The predicted octanol–water partition coefficient (Wildman–Crippen LogP) is 3.70. The third kappa shape index (κ3) is 6.50. The molecule has 21 heavy (non-hydrogen) atoms. The third-order valence-electron chi connectivity index (χ3n) is 2.83. The summed E-state index contributed by atoms with van der Waals surface area (Å²) in [5.74, 6) is -1.34. The number of benzene rings is 1. The van der Waals surface area contributed by atoms with Gasteiger partial charge in [-0.15, -0.1) is 25.6 Å². The number of unbranched alkanes of at least 4 members (excludes halogenated alkanes) is 1. The molecule has 0 saturated carbocycles. The van der Waals surface area contributed by atoms with Gasteiger partial charge < -0.3 is 15.6 Å². The molecule has 0 spiro atoms. The van der Waals surface area contributed by atoms with Crippen LogP contribution in [-0.4, -0.2) is 17.6 Å². The molecule has 1 aromatic rings. The molecule has 0 radical (unpaired) electrons. The van der Waals surface area contributed by atoms with Crippen molar-refractivity contribution in [1.29, 1.82) is 0 Å². The highest BCUT2D eigenvalue weighted by Gasteiger charge is 2.31. The van der Waals surface area contributed by atoms with Crippen LogP contribution >= 0.6 is 12.4 Å². The molecule has 0 aliphatic rings. The third-order valence-corrected chi connectivity index (χ3v) is 2.83. The molecule has 0 aliphatic carbocycles. The summed E-state index contributed by atoms with van der Waals surface area (Å²) in [7, 11) is 0. The van der Waals surface area contributed by atoms with Gasteiger partial charge in [0.05, 0.1) is 12.1 Å². The molecule has 8 heteroatoms. The topological polar surface area (TPSA) is 55.5 Å². The molecule has 1 rings (SSSR count). The summed E-state index contributed by atoms with van der Waals surface area (Å²) >= 11 is 0. The monoisotopic (exact) mass is 331 g/mol. The fraction of sp³-hybridized carbons (Fsp3) is 0.538. The lowest BCUT2D eigenvalue weighted by Gasteiger charge is -2.20. The Hall–Kier alpha value is -1.05. The normalized spacial score (nSPS) is 14.2. The van der Waals surface area contributed by atoms with Crippen LogP contribution in [0.1, 0.15) is 37.8 Å². The second-order valence-electron chi connectivity index (χ2n) is 4.47. The molecule has 3 N–H and O–H groups in total. The Morgan fingerprint density at radius 1 is 1.33 bits per heavy atom. The number of ether oxygens (including phenoxy) is 1. The van der Waals surface area contributed by atoms with Crippen molar-refractivity contribution in [3.8, 4) is 5.75 Å². The summed E-state index contributed by atoms with van der Waals surface area (Å²) in [6.07, 6.45) is -4.02. The molecule has 0 aromatic heterocycles. The van der Waals surface area contributed by atoms with Crippen LogP contribution in [0.3, 0.4) is 0 Å². The summed E-state index contributed by atoms with van der Waals surface area (Å²) < 4.78 is 53.6. The standard InChI is InChI=1S/C13H17F4NO2.ClH/c1-2-3-4-11(19)12(18)9-7-8(5-6-10(9)14)20-13(15,16)17;/h5-7,11-12,19H,2-4,18H2,1H3;1H/t11-,12+;/m0./s1. The number of nitrogens with two attached hydrogens (primary N) is 1. The second kappa shape index (κ2) is 8.41. The van der Waals surface area contributed by atoms with Gasteiger partial charge in [-0.25, -0.2) is 4.39 Å². The van der Waals surface area contributed by atoms with Crippen LogP contribution in [0, 0.1) is 5.82 Å². The SMILES string of the molecule is CCCC[C@H](O)[C@H](N)c1cc(OC(F)(F)F)ccc1F.Cl. The quantitative estimate of drug-likeness (QED) is 0.782. The number of aliphatic hydroxyl groups is 1. The van der Waals surface area contributed by atoms with E-state index in [9.17, 15) is 22.7 Å². The molecule has 1 aromatic carbocycles. The molecule has 122 valence electrons. The molecular formula is C13H18ClF4NO2. The van der Waals surface area contributed by atoms with Gasteiger partial charge in [-0.05, 0) is 24.6 Å². The van der Waals surface area contributed by atoms with Gasteiger partial charge in [-0.2, -0.15) is 0 Å². The van der Waals surface area contributed by atoms with Crippen molar-refractivity contribution in [3.05, 3.63) is 29.6 Å². The van der Waals surface area contributed by atoms with Crippen molar-refractivity contribution >= 4 is 12.4 Å². The average molecular weight is 332 g/mol. The number of aliphatic hydroxyl groups excluding tert-OH is 1.